The number of rotatable bonds is 8. The van der Waals surface area contributed by atoms with Crippen molar-refractivity contribution in [2.75, 3.05) is 6.61 Å². The normalized spacial score (nSPS) is 31.7. The fourth-order valence-electron chi connectivity index (χ4n) is 4.78. The van der Waals surface area contributed by atoms with Gasteiger partial charge in [-0.05, 0) is 62.7 Å². The molecule has 134 valence electrons. The van der Waals surface area contributed by atoms with Gasteiger partial charge in [0.15, 0.2) is 0 Å². The lowest BCUT2D eigenvalue weighted by molar-refractivity contribution is -0.150. The van der Waals surface area contributed by atoms with E-state index in [-0.39, 0.29) is 11.9 Å². The van der Waals surface area contributed by atoms with Crippen LogP contribution in [0.15, 0.2) is 0 Å². The molecule has 2 nitrogen and oxygen atoms in total. The van der Waals surface area contributed by atoms with Gasteiger partial charge in [-0.2, -0.15) is 0 Å². The number of ether oxygens (including phenoxy) is 1. The number of esters is 1. The Morgan fingerprint density at radius 2 is 1.43 bits per heavy atom. The Morgan fingerprint density at radius 1 is 0.826 bits per heavy atom. The third-order valence-corrected chi connectivity index (χ3v) is 6.33. The zero-order valence-electron chi connectivity index (χ0n) is 15.5. The minimum atomic E-state index is 0.0740. The maximum absolute atomic E-state index is 12.0. The fraction of sp³-hybridized carbons (Fsp3) is 0.952. The van der Waals surface area contributed by atoms with Gasteiger partial charge in [0.1, 0.15) is 0 Å². The Morgan fingerprint density at radius 3 is 2.00 bits per heavy atom. The fourth-order valence-corrected chi connectivity index (χ4v) is 4.78. The molecule has 2 aliphatic rings. The van der Waals surface area contributed by atoms with Crippen molar-refractivity contribution in [1.82, 2.24) is 0 Å². The van der Waals surface area contributed by atoms with Crippen molar-refractivity contribution in [1.29, 1.82) is 0 Å². The molecule has 0 radical (unpaired) electrons. The molecule has 2 rings (SSSR count). The summed E-state index contributed by atoms with van der Waals surface area (Å²) in [6, 6.07) is 0. The van der Waals surface area contributed by atoms with Crippen LogP contribution in [0.4, 0.5) is 0 Å². The SMILES string of the molecule is CCCCC[C@H]1CC[C@H]([C@H]2CC[C@H](C(=O)OCCC)CC2)CC1. The van der Waals surface area contributed by atoms with E-state index in [0.29, 0.717) is 6.61 Å². The van der Waals surface area contributed by atoms with Crippen LogP contribution in [0.2, 0.25) is 0 Å². The first kappa shape index (κ1) is 18.8. The average Bonchev–Trinajstić information content (AvgIpc) is 2.61. The largest absolute Gasteiger partial charge is 0.465 e. The van der Waals surface area contributed by atoms with E-state index in [1.807, 2.05) is 0 Å². The molecule has 2 saturated carbocycles. The highest BCUT2D eigenvalue weighted by molar-refractivity contribution is 5.72. The highest BCUT2D eigenvalue weighted by Crippen LogP contribution is 2.42. The number of carbonyl (C=O) groups is 1. The Kier molecular flexibility index (Phi) is 8.47. The topological polar surface area (TPSA) is 26.3 Å². The van der Waals surface area contributed by atoms with Crippen LogP contribution in [0, 0.1) is 23.7 Å². The van der Waals surface area contributed by atoms with E-state index in [2.05, 4.69) is 13.8 Å². The Hall–Kier alpha value is -0.530. The van der Waals surface area contributed by atoms with E-state index in [0.717, 1.165) is 37.0 Å². The third-order valence-electron chi connectivity index (χ3n) is 6.33. The van der Waals surface area contributed by atoms with Gasteiger partial charge in [0.25, 0.3) is 0 Å². The van der Waals surface area contributed by atoms with Crippen molar-refractivity contribution in [3.63, 3.8) is 0 Å². The molecule has 0 N–H and O–H groups in total. The minimum absolute atomic E-state index is 0.0740. The van der Waals surface area contributed by atoms with Gasteiger partial charge in [-0.1, -0.05) is 52.4 Å². The second-order valence-electron chi connectivity index (χ2n) is 8.06. The van der Waals surface area contributed by atoms with Crippen LogP contribution in [-0.2, 0) is 9.53 Å². The van der Waals surface area contributed by atoms with Gasteiger partial charge in [0.2, 0.25) is 0 Å². The monoisotopic (exact) mass is 322 g/mol. The Balaban J connectivity index is 1.63. The summed E-state index contributed by atoms with van der Waals surface area (Å²) in [5.74, 6) is 3.12. The maximum Gasteiger partial charge on any atom is 0.308 e. The van der Waals surface area contributed by atoms with Crippen molar-refractivity contribution in [2.24, 2.45) is 23.7 Å². The molecular weight excluding hydrogens is 284 g/mol. The first-order valence-corrected chi connectivity index (χ1v) is 10.4. The van der Waals surface area contributed by atoms with Gasteiger partial charge in [0, 0.05) is 0 Å². The van der Waals surface area contributed by atoms with Crippen LogP contribution in [0.25, 0.3) is 0 Å². The van der Waals surface area contributed by atoms with Crippen molar-refractivity contribution in [3.05, 3.63) is 0 Å². The average molecular weight is 323 g/mol. The zero-order chi connectivity index (χ0) is 16.5. The molecule has 0 saturated heterocycles. The van der Waals surface area contributed by atoms with Crippen LogP contribution >= 0.6 is 0 Å². The summed E-state index contributed by atoms with van der Waals surface area (Å²) in [6.07, 6.45) is 17.1. The summed E-state index contributed by atoms with van der Waals surface area (Å²) in [7, 11) is 0. The summed E-state index contributed by atoms with van der Waals surface area (Å²) in [4.78, 5) is 12.0. The highest BCUT2D eigenvalue weighted by atomic mass is 16.5. The number of hydrogen-bond donors (Lipinski definition) is 0. The molecule has 23 heavy (non-hydrogen) atoms. The predicted molar refractivity (Wildman–Crippen MR) is 96.3 cm³/mol. The molecule has 0 amide bonds. The molecular formula is C21H38O2. The first-order chi connectivity index (χ1) is 11.2. The lowest BCUT2D eigenvalue weighted by Gasteiger charge is -2.37. The van der Waals surface area contributed by atoms with E-state index in [1.54, 1.807) is 0 Å². The van der Waals surface area contributed by atoms with Crippen LogP contribution in [0.3, 0.4) is 0 Å². The molecule has 0 aromatic carbocycles. The molecule has 2 heteroatoms. The zero-order valence-corrected chi connectivity index (χ0v) is 15.5. The molecule has 0 spiro atoms. The van der Waals surface area contributed by atoms with Crippen molar-refractivity contribution >= 4 is 5.97 Å². The van der Waals surface area contributed by atoms with Crippen LogP contribution in [-0.4, -0.2) is 12.6 Å². The van der Waals surface area contributed by atoms with Crippen molar-refractivity contribution in [2.45, 2.75) is 97.3 Å². The van der Waals surface area contributed by atoms with E-state index >= 15 is 0 Å². The van der Waals surface area contributed by atoms with Crippen LogP contribution in [0.1, 0.15) is 97.3 Å². The smallest absolute Gasteiger partial charge is 0.308 e. The first-order valence-electron chi connectivity index (χ1n) is 10.4. The Bertz CT molecular complexity index is 323. The van der Waals surface area contributed by atoms with E-state index in [4.69, 9.17) is 4.74 Å². The molecule has 0 aromatic rings. The molecule has 0 bridgehead atoms. The molecule has 2 aliphatic carbocycles. The molecule has 0 heterocycles. The van der Waals surface area contributed by atoms with Crippen LogP contribution < -0.4 is 0 Å². The van der Waals surface area contributed by atoms with E-state index < -0.39 is 0 Å². The maximum atomic E-state index is 12.0. The molecule has 0 unspecified atom stereocenters. The summed E-state index contributed by atoms with van der Waals surface area (Å²) in [5, 5.41) is 0. The van der Waals surface area contributed by atoms with Crippen LogP contribution in [0.5, 0.6) is 0 Å². The summed E-state index contributed by atoms with van der Waals surface area (Å²) < 4.78 is 5.33. The van der Waals surface area contributed by atoms with E-state index in [1.165, 1.54) is 64.2 Å². The predicted octanol–water partition coefficient (Wildman–Crippen LogP) is 6.13. The number of unbranched alkanes of at least 4 members (excludes halogenated alkanes) is 2. The number of carbonyl (C=O) groups excluding carboxylic acids is 1. The second kappa shape index (κ2) is 10.4. The lowest BCUT2D eigenvalue weighted by Crippen LogP contribution is -2.29. The third kappa shape index (κ3) is 6.12. The van der Waals surface area contributed by atoms with Gasteiger partial charge < -0.3 is 4.74 Å². The highest BCUT2D eigenvalue weighted by Gasteiger charge is 2.33. The summed E-state index contributed by atoms with van der Waals surface area (Å²) in [6.45, 7) is 4.95. The molecule has 0 atom stereocenters. The van der Waals surface area contributed by atoms with Gasteiger partial charge >= 0.3 is 5.97 Å². The minimum Gasteiger partial charge on any atom is -0.465 e. The van der Waals surface area contributed by atoms with Gasteiger partial charge in [-0.3, -0.25) is 4.79 Å². The quantitative estimate of drug-likeness (QED) is 0.397. The lowest BCUT2D eigenvalue weighted by atomic mass is 9.68. The van der Waals surface area contributed by atoms with E-state index in [9.17, 15) is 4.79 Å². The second-order valence-corrected chi connectivity index (χ2v) is 8.06. The molecule has 2 fully saturated rings. The summed E-state index contributed by atoms with van der Waals surface area (Å²) >= 11 is 0. The van der Waals surface area contributed by atoms with Gasteiger partial charge in [-0.15, -0.1) is 0 Å². The standard InChI is InChI=1S/C21H38O2/c1-3-5-6-7-17-8-10-18(11-9-17)19-12-14-20(15-13-19)21(22)23-16-4-2/h17-20H,3-16H2,1-2H3/t17-,18-,19-,20-. The molecule has 0 aliphatic heterocycles. The Labute approximate surface area is 143 Å². The van der Waals surface area contributed by atoms with Gasteiger partial charge in [0.05, 0.1) is 12.5 Å². The summed E-state index contributed by atoms with van der Waals surface area (Å²) in [5.41, 5.74) is 0. The van der Waals surface area contributed by atoms with Crippen molar-refractivity contribution in [3.8, 4) is 0 Å². The van der Waals surface area contributed by atoms with Gasteiger partial charge in [-0.25, -0.2) is 0 Å². The number of hydrogen-bond acceptors (Lipinski definition) is 2. The van der Waals surface area contributed by atoms with Crippen molar-refractivity contribution < 1.29 is 9.53 Å². The molecule has 0 aromatic heterocycles.